The van der Waals surface area contributed by atoms with Crippen LogP contribution in [0, 0.1) is 0 Å². The molecule has 5 nitrogen and oxygen atoms in total. The van der Waals surface area contributed by atoms with Crippen molar-refractivity contribution >= 4 is 11.8 Å². The fraction of sp³-hybridized carbons (Fsp3) is 0.778. The summed E-state index contributed by atoms with van der Waals surface area (Å²) < 4.78 is 0.302. The standard InChI is InChI=1S/C18H33NO4/c1-5-6-7-8-9-10-11-12-13-16(20)18(23,14-17(21)22)15-19(2,3)4/h11-12,23H,5-10,13-15H2,1-4H3. The molecule has 0 aromatic carbocycles. The summed E-state index contributed by atoms with van der Waals surface area (Å²) >= 11 is 0. The van der Waals surface area contributed by atoms with E-state index in [1.165, 1.54) is 25.7 Å². The van der Waals surface area contributed by atoms with E-state index in [9.17, 15) is 19.8 Å². The quantitative estimate of drug-likeness (QED) is 0.315. The third-order valence-electron chi connectivity index (χ3n) is 3.64. The van der Waals surface area contributed by atoms with Crippen LogP contribution in [0.3, 0.4) is 0 Å². The van der Waals surface area contributed by atoms with Crippen LogP contribution in [-0.4, -0.2) is 54.6 Å². The van der Waals surface area contributed by atoms with Crippen molar-refractivity contribution in [1.82, 2.24) is 0 Å². The Morgan fingerprint density at radius 1 is 1.09 bits per heavy atom. The highest BCUT2D eigenvalue weighted by molar-refractivity contribution is 5.91. The summed E-state index contributed by atoms with van der Waals surface area (Å²) in [6.07, 6.45) is 9.95. The molecule has 0 saturated heterocycles. The molecule has 1 unspecified atom stereocenters. The maximum Gasteiger partial charge on any atom is 0.177 e. The highest BCUT2D eigenvalue weighted by Crippen LogP contribution is 2.18. The highest BCUT2D eigenvalue weighted by atomic mass is 16.4. The minimum absolute atomic E-state index is 0.0463. The molecule has 0 aromatic heterocycles. The molecule has 23 heavy (non-hydrogen) atoms. The molecule has 134 valence electrons. The van der Waals surface area contributed by atoms with Crippen LogP contribution in [0.2, 0.25) is 0 Å². The van der Waals surface area contributed by atoms with Gasteiger partial charge in [0.25, 0.3) is 0 Å². The zero-order chi connectivity index (χ0) is 17.9. The zero-order valence-electron chi connectivity index (χ0n) is 15.1. The summed E-state index contributed by atoms with van der Waals surface area (Å²) in [5, 5.41) is 21.3. The molecule has 1 N–H and O–H groups in total. The number of quaternary nitrogens is 1. The van der Waals surface area contributed by atoms with E-state index in [2.05, 4.69) is 6.92 Å². The summed E-state index contributed by atoms with van der Waals surface area (Å²) in [4.78, 5) is 23.1. The van der Waals surface area contributed by atoms with E-state index in [1.54, 1.807) is 27.2 Å². The molecule has 0 radical (unpaired) electrons. The number of hydrogen-bond acceptors (Lipinski definition) is 4. The molecule has 0 fully saturated rings. The number of carbonyl (C=O) groups excluding carboxylic acids is 2. The maximum atomic E-state index is 12.2. The van der Waals surface area contributed by atoms with E-state index >= 15 is 0 Å². The Morgan fingerprint density at radius 3 is 2.22 bits per heavy atom. The number of unbranched alkanes of at least 4 members (excludes halogenated alkanes) is 5. The minimum atomic E-state index is -1.87. The number of carboxylic acids is 1. The lowest BCUT2D eigenvalue weighted by Crippen LogP contribution is -2.55. The maximum absolute atomic E-state index is 12.2. The van der Waals surface area contributed by atoms with Gasteiger partial charge in [-0.05, 0) is 12.8 Å². The van der Waals surface area contributed by atoms with Crippen LogP contribution >= 0.6 is 0 Å². The van der Waals surface area contributed by atoms with Crippen LogP contribution in [0.1, 0.15) is 58.3 Å². The average Bonchev–Trinajstić information content (AvgIpc) is 2.38. The van der Waals surface area contributed by atoms with Crippen molar-refractivity contribution in [2.45, 2.75) is 63.9 Å². The minimum Gasteiger partial charge on any atom is -0.550 e. The first-order valence-electron chi connectivity index (χ1n) is 8.51. The molecular weight excluding hydrogens is 294 g/mol. The molecule has 0 amide bonds. The SMILES string of the molecule is CCCCCCCC=CCC(=O)C(O)(CC(=O)[O-])C[N+](C)(C)C. The van der Waals surface area contributed by atoms with Crippen molar-refractivity contribution in [2.24, 2.45) is 0 Å². The number of likely N-dealkylation sites (N-methyl/N-ethyl adjacent to an activating group) is 1. The third-order valence-corrected chi connectivity index (χ3v) is 3.64. The second kappa shape index (κ2) is 10.6. The summed E-state index contributed by atoms with van der Waals surface area (Å²) in [5.74, 6) is -1.87. The number of hydrogen-bond donors (Lipinski definition) is 1. The van der Waals surface area contributed by atoms with Gasteiger partial charge in [0, 0.05) is 18.8 Å². The number of carbonyl (C=O) groups is 2. The van der Waals surface area contributed by atoms with E-state index < -0.39 is 23.8 Å². The van der Waals surface area contributed by atoms with Crippen molar-refractivity contribution in [3.63, 3.8) is 0 Å². The number of allylic oxidation sites excluding steroid dienone is 2. The van der Waals surface area contributed by atoms with Crippen LogP contribution < -0.4 is 5.11 Å². The van der Waals surface area contributed by atoms with Gasteiger partial charge in [0.1, 0.15) is 6.54 Å². The van der Waals surface area contributed by atoms with Gasteiger partial charge in [-0.15, -0.1) is 0 Å². The lowest BCUT2D eigenvalue weighted by Gasteiger charge is -2.34. The molecule has 0 aliphatic carbocycles. The topological polar surface area (TPSA) is 77.4 Å². The number of carboxylic acid groups (broad SMARTS) is 1. The van der Waals surface area contributed by atoms with E-state index in [-0.39, 0.29) is 13.0 Å². The van der Waals surface area contributed by atoms with Crippen LogP contribution in [0.25, 0.3) is 0 Å². The van der Waals surface area contributed by atoms with Crippen LogP contribution in [-0.2, 0) is 9.59 Å². The van der Waals surface area contributed by atoms with Gasteiger partial charge in [-0.3, -0.25) is 4.79 Å². The van der Waals surface area contributed by atoms with Gasteiger partial charge in [0.2, 0.25) is 0 Å². The largest absolute Gasteiger partial charge is 0.550 e. The zero-order valence-corrected chi connectivity index (χ0v) is 15.1. The average molecular weight is 327 g/mol. The molecule has 0 aliphatic rings. The Morgan fingerprint density at radius 2 is 1.70 bits per heavy atom. The highest BCUT2D eigenvalue weighted by Gasteiger charge is 2.40. The normalized spacial score (nSPS) is 14.8. The van der Waals surface area contributed by atoms with Crippen LogP contribution in [0.15, 0.2) is 12.2 Å². The van der Waals surface area contributed by atoms with Crippen LogP contribution in [0.4, 0.5) is 0 Å². The fourth-order valence-electron chi connectivity index (χ4n) is 2.63. The fourth-order valence-corrected chi connectivity index (χ4v) is 2.63. The summed E-state index contributed by atoms with van der Waals surface area (Å²) in [6.45, 7) is 2.22. The second-order valence-corrected chi connectivity index (χ2v) is 7.33. The Kier molecular flexibility index (Phi) is 10.0. The first-order chi connectivity index (χ1) is 10.6. The number of aliphatic carboxylic acids is 1. The number of nitrogens with zero attached hydrogens (tertiary/aromatic N) is 1. The van der Waals surface area contributed by atoms with Crippen molar-refractivity contribution in [1.29, 1.82) is 0 Å². The molecule has 0 aromatic rings. The van der Waals surface area contributed by atoms with E-state index in [4.69, 9.17) is 0 Å². The molecule has 5 heteroatoms. The van der Waals surface area contributed by atoms with Gasteiger partial charge >= 0.3 is 0 Å². The van der Waals surface area contributed by atoms with Gasteiger partial charge in [-0.25, -0.2) is 0 Å². The molecule has 0 bridgehead atoms. The van der Waals surface area contributed by atoms with Gasteiger partial charge in [0.15, 0.2) is 11.4 Å². The van der Waals surface area contributed by atoms with E-state index in [0.717, 1.165) is 12.8 Å². The smallest absolute Gasteiger partial charge is 0.177 e. The van der Waals surface area contributed by atoms with Crippen molar-refractivity contribution in [3.05, 3.63) is 12.2 Å². The van der Waals surface area contributed by atoms with Crippen molar-refractivity contribution < 1.29 is 24.3 Å². The van der Waals surface area contributed by atoms with Crippen molar-refractivity contribution in [3.8, 4) is 0 Å². The number of rotatable bonds is 13. The molecule has 0 rings (SSSR count). The predicted molar refractivity (Wildman–Crippen MR) is 89.6 cm³/mol. The lowest BCUT2D eigenvalue weighted by molar-refractivity contribution is -0.875. The van der Waals surface area contributed by atoms with Crippen molar-refractivity contribution in [2.75, 3.05) is 27.7 Å². The molecule has 0 heterocycles. The third kappa shape index (κ3) is 11.0. The van der Waals surface area contributed by atoms with E-state index in [1.807, 2.05) is 6.08 Å². The molecule has 1 atom stereocenters. The number of Topliss-reactive ketones (excluding diaryl/α,β-unsaturated/α-hetero) is 1. The molecule has 0 saturated carbocycles. The first kappa shape index (κ1) is 21.8. The Labute approximate surface area is 140 Å². The van der Waals surface area contributed by atoms with E-state index in [0.29, 0.717) is 4.48 Å². The molecule has 0 aliphatic heterocycles. The number of aliphatic hydroxyl groups is 1. The summed E-state index contributed by atoms with van der Waals surface area (Å²) in [6, 6.07) is 0. The van der Waals surface area contributed by atoms with Gasteiger partial charge < -0.3 is 19.5 Å². The number of ketones is 1. The Balaban J connectivity index is 4.41. The lowest BCUT2D eigenvalue weighted by atomic mass is 9.91. The van der Waals surface area contributed by atoms with Gasteiger partial charge in [-0.2, -0.15) is 0 Å². The molecular formula is C18H33NO4. The summed E-state index contributed by atoms with van der Waals surface area (Å²) in [5.41, 5.74) is -1.87. The monoisotopic (exact) mass is 327 g/mol. The van der Waals surface area contributed by atoms with Crippen LogP contribution in [0.5, 0.6) is 0 Å². The first-order valence-corrected chi connectivity index (χ1v) is 8.51. The van der Waals surface area contributed by atoms with Gasteiger partial charge in [0.05, 0.1) is 21.1 Å². The summed E-state index contributed by atoms with van der Waals surface area (Å²) in [7, 11) is 5.42. The predicted octanol–water partition coefficient (Wildman–Crippen LogP) is 1.44. The van der Waals surface area contributed by atoms with Gasteiger partial charge in [-0.1, -0.05) is 44.8 Å². The molecule has 0 spiro atoms. The Bertz CT molecular complexity index is 398. The Hall–Kier alpha value is -1.20. The second-order valence-electron chi connectivity index (χ2n) is 7.33.